The predicted octanol–water partition coefficient (Wildman–Crippen LogP) is 5.18. The van der Waals surface area contributed by atoms with Gasteiger partial charge in [-0.3, -0.25) is 9.59 Å². The molecule has 3 aromatic carbocycles. The summed E-state index contributed by atoms with van der Waals surface area (Å²) in [5.74, 6) is -0.0565. The number of para-hydroxylation sites is 1. The molecule has 1 heterocycles. The number of imide groups is 1. The summed E-state index contributed by atoms with van der Waals surface area (Å²) in [6, 6.07) is 24.0. The first-order valence-corrected chi connectivity index (χ1v) is 10.2. The van der Waals surface area contributed by atoms with Crippen LogP contribution in [0.4, 0.5) is 11.4 Å². The Morgan fingerprint density at radius 2 is 1.45 bits per heavy atom. The molecule has 156 valence electrons. The Morgan fingerprint density at radius 1 is 0.806 bits per heavy atom. The molecule has 1 aliphatic heterocycles. The van der Waals surface area contributed by atoms with E-state index >= 15 is 0 Å². The highest BCUT2D eigenvalue weighted by molar-refractivity contribution is 6.46. The molecule has 31 heavy (non-hydrogen) atoms. The standard InChI is InChI=1S/C26H24N2O3/c1-17(2)31-22-15-13-21(14-16-22)28-25(29)23(19-11-9-18(3)10-12-19)24(26(28)30)27-20-7-5-4-6-8-20/h4-17,27H,1-3H3. The molecule has 2 amide bonds. The molecule has 0 aromatic heterocycles. The third kappa shape index (κ3) is 4.21. The third-order valence-corrected chi connectivity index (χ3v) is 4.93. The quantitative estimate of drug-likeness (QED) is 0.567. The Labute approximate surface area is 182 Å². The van der Waals surface area contributed by atoms with Crippen LogP contribution in [-0.2, 0) is 9.59 Å². The number of rotatable bonds is 6. The van der Waals surface area contributed by atoms with Gasteiger partial charge in [0.15, 0.2) is 0 Å². The molecular formula is C26H24N2O3. The molecule has 0 unspecified atom stereocenters. The van der Waals surface area contributed by atoms with Crippen LogP contribution in [0.2, 0.25) is 0 Å². The molecule has 5 heteroatoms. The van der Waals surface area contributed by atoms with Crippen LogP contribution in [0.15, 0.2) is 84.6 Å². The Kier molecular flexibility index (Phi) is 5.58. The van der Waals surface area contributed by atoms with Gasteiger partial charge in [0.2, 0.25) is 0 Å². The lowest BCUT2D eigenvalue weighted by molar-refractivity contribution is -0.120. The first-order chi connectivity index (χ1) is 14.9. The van der Waals surface area contributed by atoms with Gasteiger partial charge in [-0.05, 0) is 62.7 Å². The number of hydrogen-bond donors (Lipinski definition) is 1. The summed E-state index contributed by atoms with van der Waals surface area (Å²) >= 11 is 0. The maximum absolute atomic E-state index is 13.4. The maximum atomic E-state index is 13.4. The number of amides is 2. The fraction of sp³-hybridized carbons (Fsp3) is 0.154. The minimum atomic E-state index is -0.387. The average molecular weight is 412 g/mol. The Balaban J connectivity index is 1.74. The average Bonchev–Trinajstić information content (AvgIpc) is 2.99. The van der Waals surface area contributed by atoms with E-state index in [4.69, 9.17) is 4.74 Å². The van der Waals surface area contributed by atoms with Gasteiger partial charge in [0, 0.05) is 5.69 Å². The van der Waals surface area contributed by atoms with Crippen LogP contribution in [0.1, 0.15) is 25.0 Å². The van der Waals surface area contributed by atoms with E-state index in [0.29, 0.717) is 22.6 Å². The lowest BCUT2D eigenvalue weighted by Crippen LogP contribution is -2.32. The zero-order valence-electron chi connectivity index (χ0n) is 17.8. The van der Waals surface area contributed by atoms with Crippen LogP contribution in [0, 0.1) is 6.92 Å². The highest BCUT2D eigenvalue weighted by atomic mass is 16.5. The lowest BCUT2D eigenvalue weighted by atomic mass is 10.0. The fourth-order valence-electron chi connectivity index (χ4n) is 3.48. The lowest BCUT2D eigenvalue weighted by Gasteiger charge is -2.17. The SMILES string of the molecule is Cc1ccc(C2=C(Nc3ccccc3)C(=O)N(c3ccc(OC(C)C)cc3)C2=O)cc1. The largest absolute Gasteiger partial charge is 0.491 e. The van der Waals surface area contributed by atoms with E-state index in [9.17, 15) is 9.59 Å². The van der Waals surface area contributed by atoms with Crippen molar-refractivity contribution in [2.45, 2.75) is 26.9 Å². The van der Waals surface area contributed by atoms with Crippen LogP contribution in [-0.4, -0.2) is 17.9 Å². The number of nitrogens with one attached hydrogen (secondary N) is 1. The number of carbonyl (C=O) groups is 2. The van der Waals surface area contributed by atoms with Crippen molar-refractivity contribution >= 4 is 28.8 Å². The monoisotopic (exact) mass is 412 g/mol. The van der Waals surface area contributed by atoms with Crippen LogP contribution >= 0.6 is 0 Å². The molecule has 1 N–H and O–H groups in total. The predicted molar refractivity (Wildman–Crippen MR) is 123 cm³/mol. The van der Waals surface area contributed by atoms with Gasteiger partial charge < -0.3 is 10.1 Å². The molecule has 5 nitrogen and oxygen atoms in total. The van der Waals surface area contributed by atoms with Crippen molar-refractivity contribution in [1.82, 2.24) is 0 Å². The maximum Gasteiger partial charge on any atom is 0.282 e. The summed E-state index contributed by atoms with van der Waals surface area (Å²) in [5, 5.41) is 3.16. The summed E-state index contributed by atoms with van der Waals surface area (Å²) in [6.45, 7) is 5.87. The summed E-state index contributed by atoms with van der Waals surface area (Å²) in [6.07, 6.45) is 0.0392. The number of ether oxygens (including phenoxy) is 1. The van der Waals surface area contributed by atoms with Gasteiger partial charge in [-0.1, -0.05) is 48.0 Å². The first-order valence-electron chi connectivity index (χ1n) is 10.2. The summed E-state index contributed by atoms with van der Waals surface area (Å²) < 4.78 is 5.68. The molecule has 4 rings (SSSR count). The number of benzene rings is 3. The van der Waals surface area contributed by atoms with E-state index in [2.05, 4.69) is 5.32 Å². The topological polar surface area (TPSA) is 58.6 Å². The molecule has 1 aliphatic rings. The van der Waals surface area contributed by atoms with Gasteiger partial charge in [-0.15, -0.1) is 0 Å². The summed E-state index contributed by atoms with van der Waals surface area (Å²) in [4.78, 5) is 28.0. The second kappa shape index (κ2) is 8.48. The van der Waals surface area contributed by atoms with Gasteiger partial charge >= 0.3 is 0 Å². The highest BCUT2D eigenvalue weighted by Crippen LogP contribution is 2.34. The van der Waals surface area contributed by atoms with Crippen molar-refractivity contribution in [3.05, 3.63) is 95.7 Å². The molecule has 0 saturated heterocycles. The minimum Gasteiger partial charge on any atom is -0.491 e. The number of aryl methyl sites for hydroxylation is 1. The zero-order valence-corrected chi connectivity index (χ0v) is 17.8. The highest BCUT2D eigenvalue weighted by Gasteiger charge is 2.40. The van der Waals surface area contributed by atoms with Crippen LogP contribution in [0.25, 0.3) is 5.57 Å². The smallest absolute Gasteiger partial charge is 0.282 e. The van der Waals surface area contributed by atoms with Crippen molar-refractivity contribution in [2.24, 2.45) is 0 Å². The van der Waals surface area contributed by atoms with Gasteiger partial charge in [-0.25, -0.2) is 4.90 Å². The van der Waals surface area contributed by atoms with Gasteiger partial charge in [0.1, 0.15) is 11.4 Å². The van der Waals surface area contributed by atoms with E-state index in [1.54, 1.807) is 24.3 Å². The molecule has 0 atom stereocenters. The van der Waals surface area contributed by atoms with Crippen molar-refractivity contribution in [2.75, 3.05) is 10.2 Å². The van der Waals surface area contributed by atoms with Crippen molar-refractivity contribution in [3.63, 3.8) is 0 Å². The fourth-order valence-corrected chi connectivity index (χ4v) is 3.48. The molecule has 0 bridgehead atoms. The minimum absolute atomic E-state index is 0.0392. The first kappa shape index (κ1) is 20.4. The Morgan fingerprint density at radius 3 is 2.06 bits per heavy atom. The molecular weight excluding hydrogens is 388 g/mol. The van der Waals surface area contributed by atoms with Gasteiger partial charge in [0.05, 0.1) is 17.4 Å². The second-order valence-corrected chi connectivity index (χ2v) is 7.71. The van der Waals surface area contributed by atoms with Gasteiger partial charge in [-0.2, -0.15) is 0 Å². The van der Waals surface area contributed by atoms with Crippen LogP contribution in [0.3, 0.4) is 0 Å². The molecule has 0 saturated carbocycles. The number of anilines is 2. The Hall–Kier alpha value is -3.86. The number of carbonyl (C=O) groups excluding carboxylic acids is 2. The van der Waals surface area contributed by atoms with E-state index in [1.165, 1.54) is 4.90 Å². The third-order valence-electron chi connectivity index (χ3n) is 4.93. The van der Waals surface area contributed by atoms with Gasteiger partial charge in [0.25, 0.3) is 11.8 Å². The Bertz CT molecular complexity index is 1130. The van der Waals surface area contributed by atoms with Crippen LogP contribution < -0.4 is 15.0 Å². The molecule has 3 aromatic rings. The molecule has 0 radical (unpaired) electrons. The molecule has 0 aliphatic carbocycles. The van der Waals surface area contributed by atoms with Crippen LogP contribution in [0.5, 0.6) is 5.75 Å². The van der Waals surface area contributed by atoms with E-state index in [1.807, 2.05) is 75.4 Å². The second-order valence-electron chi connectivity index (χ2n) is 7.71. The molecule has 0 fully saturated rings. The number of hydrogen-bond acceptors (Lipinski definition) is 4. The van der Waals surface area contributed by atoms with Crippen molar-refractivity contribution in [1.29, 1.82) is 0 Å². The van der Waals surface area contributed by atoms with Crippen molar-refractivity contribution in [3.8, 4) is 5.75 Å². The molecule has 0 spiro atoms. The zero-order chi connectivity index (χ0) is 22.0. The summed E-state index contributed by atoms with van der Waals surface area (Å²) in [7, 11) is 0. The normalized spacial score (nSPS) is 13.9. The number of nitrogens with zero attached hydrogens (tertiary/aromatic N) is 1. The van der Waals surface area contributed by atoms with Crippen molar-refractivity contribution < 1.29 is 14.3 Å². The van der Waals surface area contributed by atoms with E-state index in [-0.39, 0.29) is 23.6 Å². The van der Waals surface area contributed by atoms with E-state index < -0.39 is 0 Å². The summed E-state index contributed by atoms with van der Waals surface area (Å²) in [5.41, 5.74) is 3.64. The van der Waals surface area contributed by atoms with E-state index in [0.717, 1.165) is 11.3 Å².